The summed E-state index contributed by atoms with van der Waals surface area (Å²) < 4.78 is 30.6. The zero-order valence-corrected chi connectivity index (χ0v) is 20.1. The molecule has 0 aromatic heterocycles. The zero-order chi connectivity index (χ0) is 23.9. The van der Waals surface area contributed by atoms with E-state index in [0.717, 1.165) is 24.7 Å². The molecular formula is C23H23Cl2NO6S. The van der Waals surface area contributed by atoms with E-state index in [1.54, 1.807) is 35.2 Å². The van der Waals surface area contributed by atoms with Gasteiger partial charge in [-0.2, -0.15) is 0 Å². The monoisotopic (exact) mass is 511 g/mol. The molecule has 0 radical (unpaired) electrons. The molecule has 1 heterocycles. The van der Waals surface area contributed by atoms with Crippen LogP contribution in [0.25, 0.3) is 0 Å². The van der Waals surface area contributed by atoms with E-state index in [1.165, 1.54) is 12.1 Å². The van der Waals surface area contributed by atoms with E-state index in [-0.39, 0.29) is 9.92 Å². The van der Waals surface area contributed by atoms with E-state index in [2.05, 4.69) is 0 Å². The molecule has 2 aromatic carbocycles. The smallest absolute Gasteiger partial charge is 0.306 e. The number of carbonyl (C=O) groups is 2. The van der Waals surface area contributed by atoms with Gasteiger partial charge in [-0.05, 0) is 60.2 Å². The second-order valence-electron chi connectivity index (χ2n) is 8.57. The average molecular weight is 512 g/mol. The Bertz CT molecular complexity index is 1180. The van der Waals surface area contributed by atoms with E-state index >= 15 is 0 Å². The number of carboxylic acids is 1. The van der Waals surface area contributed by atoms with Crippen LogP contribution in [0.2, 0.25) is 10.0 Å². The van der Waals surface area contributed by atoms with Crippen LogP contribution in [-0.2, 0) is 24.2 Å². The van der Waals surface area contributed by atoms with Crippen molar-refractivity contribution in [1.82, 2.24) is 4.90 Å². The van der Waals surface area contributed by atoms with Gasteiger partial charge in [-0.25, -0.2) is 8.42 Å². The van der Waals surface area contributed by atoms with Crippen molar-refractivity contribution in [2.45, 2.75) is 42.4 Å². The standard InChI is InChI=1S/C23H23Cl2NO6S/c1-33(30,31)18-9-15(8-17(25)10-18)22-21(14-4-6-16(24)7-5-14)26(12-13-2-3-13)23(29)19(32-22)11-20(27)28/h4-10,13,19,21-22H,2-3,11-12H2,1H3,(H,27,28)/t19-,21+,22+/m0/s1. The van der Waals surface area contributed by atoms with Gasteiger partial charge in [0.05, 0.1) is 17.4 Å². The number of carbonyl (C=O) groups excluding carboxylic acids is 1. The molecule has 10 heteroatoms. The van der Waals surface area contributed by atoms with Crippen molar-refractivity contribution in [2.75, 3.05) is 12.8 Å². The minimum Gasteiger partial charge on any atom is -0.481 e. The molecule has 1 N–H and O–H groups in total. The molecule has 1 aliphatic carbocycles. The first kappa shape index (κ1) is 24.0. The number of nitrogens with zero attached hydrogens (tertiary/aromatic N) is 1. The highest BCUT2D eigenvalue weighted by Gasteiger charge is 2.46. The molecule has 0 bridgehead atoms. The van der Waals surface area contributed by atoms with Crippen LogP contribution in [0.1, 0.15) is 42.5 Å². The lowest BCUT2D eigenvalue weighted by Gasteiger charge is -2.45. The molecule has 3 atom stereocenters. The highest BCUT2D eigenvalue weighted by Crippen LogP contribution is 2.45. The van der Waals surface area contributed by atoms with Gasteiger partial charge in [0.25, 0.3) is 5.91 Å². The lowest BCUT2D eigenvalue weighted by Crippen LogP contribution is -2.52. The molecule has 2 aliphatic rings. The van der Waals surface area contributed by atoms with Crippen molar-refractivity contribution in [1.29, 1.82) is 0 Å². The fourth-order valence-corrected chi connectivity index (χ4v) is 5.23. The molecule has 0 unspecified atom stereocenters. The second-order valence-corrected chi connectivity index (χ2v) is 11.5. The number of sulfone groups is 1. The molecule has 0 spiro atoms. The number of hydrogen-bond donors (Lipinski definition) is 1. The van der Waals surface area contributed by atoms with Gasteiger partial charge < -0.3 is 14.7 Å². The number of rotatable bonds is 7. The van der Waals surface area contributed by atoms with Crippen molar-refractivity contribution in [2.24, 2.45) is 5.92 Å². The summed E-state index contributed by atoms with van der Waals surface area (Å²) in [4.78, 5) is 26.5. The van der Waals surface area contributed by atoms with Crippen LogP contribution < -0.4 is 0 Å². The number of hydrogen-bond acceptors (Lipinski definition) is 5. The molecule has 1 amide bonds. The normalized spacial score (nSPS) is 23.5. The lowest BCUT2D eigenvalue weighted by atomic mass is 9.91. The first-order chi connectivity index (χ1) is 15.5. The minimum atomic E-state index is -3.57. The number of halogens is 2. The summed E-state index contributed by atoms with van der Waals surface area (Å²) in [5.41, 5.74) is 1.19. The Balaban J connectivity index is 1.86. The quantitative estimate of drug-likeness (QED) is 0.594. The minimum absolute atomic E-state index is 0.0175. The summed E-state index contributed by atoms with van der Waals surface area (Å²) in [6.07, 6.45) is 0.533. The van der Waals surface area contributed by atoms with Crippen LogP contribution in [0.3, 0.4) is 0 Å². The maximum absolute atomic E-state index is 13.3. The number of morpholine rings is 1. The van der Waals surface area contributed by atoms with Gasteiger partial charge in [-0.3, -0.25) is 9.59 Å². The van der Waals surface area contributed by atoms with Crippen molar-refractivity contribution in [3.05, 3.63) is 63.6 Å². The molecule has 1 saturated carbocycles. The third-order valence-electron chi connectivity index (χ3n) is 5.87. The Labute approximate surface area is 202 Å². The van der Waals surface area contributed by atoms with Crippen LogP contribution in [0.5, 0.6) is 0 Å². The number of carboxylic acid groups (broad SMARTS) is 1. The van der Waals surface area contributed by atoms with Crippen molar-refractivity contribution in [3.8, 4) is 0 Å². The first-order valence-electron chi connectivity index (χ1n) is 10.5. The van der Waals surface area contributed by atoms with Crippen LogP contribution in [0.4, 0.5) is 0 Å². The molecule has 176 valence electrons. The Morgan fingerprint density at radius 2 is 1.76 bits per heavy atom. The Hall–Kier alpha value is -2.13. The van der Waals surface area contributed by atoms with Crippen LogP contribution in [0, 0.1) is 5.92 Å². The van der Waals surface area contributed by atoms with Gasteiger partial charge in [0.15, 0.2) is 9.84 Å². The summed E-state index contributed by atoms with van der Waals surface area (Å²) in [6.45, 7) is 0.460. The van der Waals surface area contributed by atoms with Gasteiger partial charge in [-0.15, -0.1) is 0 Å². The summed E-state index contributed by atoms with van der Waals surface area (Å²) >= 11 is 12.3. The summed E-state index contributed by atoms with van der Waals surface area (Å²) in [5, 5.41) is 10.1. The van der Waals surface area contributed by atoms with E-state index in [1.807, 2.05) is 0 Å². The molecule has 2 fully saturated rings. The first-order valence-corrected chi connectivity index (χ1v) is 13.1. The lowest BCUT2D eigenvalue weighted by molar-refractivity contribution is -0.179. The van der Waals surface area contributed by atoms with Crippen molar-refractivity contribution < 1.29 is 27.9 Å². The Morgan fingerprint density at radius 1 is 1.09 bits per heavy atom. The van der Waals surface area contributed by atoms with Crippen LogP contribution in [0.15, 0.2) is 47.4 Å². The predicted molar refractivity (Wildman–Crippen MR) is 123 cm³/mol. The summed E-state index contributed by atoms with van der Waals surface area (Å²) in [7, 11) is -3.57. The zero-order valence-electron chi connectivity index (χ0n) is 17.8. The van der Waals surface area contributed by atoms with Gasteiger partial charge >= 0.3 is 5.97 Å². The highest BCUT2D eigenvalue weighted by atomic mass is 35.5. The summed E-state index contributed by atoms with van der Waals surface area (Å²) in [5.74, 6) is -1.23. The molecule has 1 saturated heterocycles. The third-order valence-corrected chi connectivity index (χ3v) is 7.43. The number of amides is 1. The fourth-order valence-electron chi connectivity index (χ4n) is 4.11. The van der Waals surface area contributed by atoms with Gasteiger partial charge in [0, 0.05) is 22.8 Å². The van der Waals surface area contributed by atoms with Crippen molar-refractivity contribution >= 4 is 44.9 Å². The second kappa shape index (κ2) is 9.25. The Kier molecular flexibility index (Phi) is 6.73. The number of benzene rings is 2. The molecule has 2 aromatic rings. The Morgan fingerprint density at radius 3 is 2.33 bits per heavy atom. The summed E-state index contributed by atoms with van der Waals surface area (Å²) in [6, 6.07) is 10.8. The third kappa shape index (κ3) is 5.51. The largest absolute Gasteiger partial charge is 0.481 e. The molecule has 1 aliphatic heterocycles. The van der Waals surface area contributed by atoms with E-state index < -0.39 is 46.4 Å². The van der Waals surface area contributed by atoms with Crippen LogP contribution in [-0.4, -0.2) is 49.2 Å². The van der Waals surface area contributed by atoms with Gasteiger partial charge in [0.2, 0.25) is 0 Å². The molecule has 4 rings (SSSR count). The van der Waals surface area contributed by atoms with E-state index in [9.17, 15) is 23.1 Å². The van der Waals surface area contributed by atoms with Gasteiger partial charge in [-0.1, -0.05) is 35.3 Å². The van der Waals surface area contributed by atoms with Gasteiger partial charge in [0.1, 0.15) is 12.2 Å². The predicted octanol–water partition coefficient (Wildman–Crippen LogP) is 4.29. The number of aliphatic carboxylic acids is 1. The average Bonchev–Trinajstić information content (AvgIpc) is 3.54. The highest BCUT2D eigenvalue weighted by molar-refractivity contribution is 7.90. The topological polar surface area (TPSA) is 101 Å². The SMILES string of the molecule is CS(=O)(=O)c1cc(Cl)cc([C@H]2O[C@@H](CC(=O)O)C(=O)N(CC3CC3)[C@@H]2c2ccc(Cl)cc2)c1. The van der Waals surface area contributed by atoms with E-state index in [0.29, 0.717) is 23.0 Å². The maximum Gasteiger partial charge on any atom is 0.306 e. The molecule has 7 nitrogen and oxygen atoms in total. The number of ether oxygens (including phenoxy) is 1. The fraction of sp³-hybridized carbons (Fsp3) is 0.391. The van der Waals surface area contributed by atoms with Crippen molar-refractivity contribution in [3.63, 3.8) is 0 Å². The molecular weight excluding hydrogens is 489 g/mol. The van der Waals surface area contributed by atoms with E-state index in [4.69, 9.17) is 27.9 Å². The molecule has 33 heavy (non-hydrogen) atoms. The van der Waals surface area contributed by atoms with Crippen LogP contribution >= 0.6 is 23.2 Å². The maximum atomic E-state index is 13.3.